The Labute approximate surface area is 198 Å². The maximum Gasteiger partial charge on any atom is 0.416 e. The fourth-order valence-electron chi connectivity index (χ4n) is 4.10. The number of allylic oxidation sites excluding steroid dienone is 1. The number of nitrogens with one attached hydrogen (secondary N) is 3. The van der Waals surface area contributed by atoms with Crippen molar-refractivity contribution in [1.82, 2.24) is 9.80 Å². The normalized spacial score (nSPS) is 18.0. The molecule has 34 heavy (non-hydrogen) atoms. The Morgan fingerprint density at radius 2 is 1.79 bits per heavy atom. The third-order valence-corrected chi connectivity index (χ3v) is 6.28. The highest BCUT2D eigenvalue weighted by Gasteiger charge is 2.39. The van der Waals surface area contributed by atoms with Crippen LogP contribution in [-0.2, 0) is 20.6 Å². The van der Waals surface area contributed by atoms with E-state index in [2.05, 4.69) is 5.32 Å². The van der Waals surface area contributed by atoms with E-state index in [-0.39, 0.29) is 40.4 Å². The molecule has 3 amide bonds. The van der Waals surface area contributed by atoms with Crippen LogP contribution in [0, 0.1) is 10.8 Å². The molecule has 0 saturated carbocycles. The molecule has 0 bridgehead atoms. The van der Waals surface area contributed by atoms with Crippen LogP contribution in [0.3, 0.4) is 0 Å². The van der Waals surface area contributed by atoms with Gasteiger partial charge in [0.15, 0.2) is 0 Å². The zero-order valence-corrected chi connectivity index (χ0v) is 19.2. The molecule has 1 saturated heterocycles. The van der Waals surface area contributed by atoms with Crippen LogP contribution in [0.2, 0.25) is 5.02 Å². The Morgan fingerprint density at radius 1 is 1.18 bits per heavy atom. The topological polar surface area (TPSA) is 117 Å². The summed E-state index contributed by atoms with van der Waals surface area (Å²) in [6.07, 6.45) is -3.98. The summed E-state index contributed by atoms with van der Waals surface area (Å²) in [4.78, 5) is 40.1. The summed E-state index contributed by atoms with van der Waals surface area (Å²) in [6.45, 7) is 3.95. The minimum absolute atomic E-state index is 0.0279. The highest BCUT2D eigenvalue weighted by Crippen LogP contribution is 2.34. The van der Waals surface area contributed by atoms with Crippen molar-refractivity contribution in [3.05, 3.63) is 40.1 Å². The number of hydrogen-bond donors (Lipinski definition) is 3. The average Bonchev–Trinajstić information content (AvgIpc) is 2.76. The van der Waals surface area contributed by atoms with Crippen molar-refractivity contribution >= 4 is 46.4 Å². The monoisotopic (exact) mass is 497 g/mol. The molecule has 2 aliphatic heterocycles. The largest absolute Gasteiger partial charge is 0.416 e. The fraction of sp³-hybridized carbons (Fsp3) is 0.409. The van der Waals surface area contributed by atoms with Gasteiger partial charge in [-0.05, 0) is 38.0 Å². The van der Waals surface area contributed by atoms with Crippen LogP contribution in [0.5, 0.6) is 0 Å². The van der Waals surface area contributed by atoms with E-state index < -0.39 is 29.3 Å². The van der Waals surface area contributed by atoms with E-state index >= 15 is 0 Å². The average molecular weight is 498 g/mol. The summed E-state index contributed by atoms with van der Waals surface area (Å²) in [5.41, 5.74) is -1.38. The summed E-state index contributed by atoms with van der Waals surface area (Å²) in [5, 5.41) is 18.4. The number of alkyl halides is 3. The van der Waals surface area contributed by atoms with Crippen molar-refractivity contribution in [1.29, 1.82) is 10.8 Å². The second kappa shape index (κ2) is 9.57. The lowest BCUT2D eigenvalue weighted by atomic mass is 9.91. The van der Waals surface area contributed by atoms with Gasteiger partial charge in [-0.25, -0.2) is 0 Å². The Bertz CT molecular complexity index is 1110. The lowest BCUT2D eigenvalue weighted by Crippen LogP contribution is -2.53. The molecule has 12 heteroatoms. The molecule has 1 fully saturated rings. The van der Waals surface area contributed by atoms with Crippen LogP contribution >= 0.6 is 11.6 Å². The van der Waals surface area contributed by atoms with Crippen LogP contribution in [0.1, 0.15) is 38.7 Å². The molecule has 182 valence electrons. The molecule has 2 aliphatic rings. The van der Waals surface area contributed by atoms with Gasteiger partial charge in [-0.1, -0.05) is 11.6 Å². The van der Waals surface area contributed by atoms with Crippen molar-refractivity contribution in [2.75, 3.05) is 18.4 Å². The second-order valence-corrected chi connectivity index (χ2v) is 8.55. The van der Waals surface area contributed by atoms with E-state index in [1.54, 1.807) is 11.8 Å². The number of anilines is 1. The van der Waals surface area contributed by atoms with Gasteiger partial charge in [0.1, 0.15) is 5.71 Å². The molecule has 0 atom stereocenters. The number of benzene rings is 1. The molecule has 0 radical (unpaired) electrons. The molecule has 3 N–H and O–H groups in total. The third kappa shape index (κ3) is 5.14. The summed E-state index contributed by atoms with van der Waals surface area (Å²) < 4.78 is 38.5. The zero-order chi connectivity index (χ0) is 25.4. The Balaban J connectivity index is 1.80. The number of carbonyl (C=O) groups is 3. The van der Waals surface area contributed by atoms with Gasteiger partial charge in [-0.15, -0.1) is 0 Å². The van der Waals surface area contributed by atoms with Crippen molar-refractivity contribution in [3.63, 3.8) is 0 Å². The molecule has 0 aromatic heterocycles. The molecule has 0 spiro atoms. The number of hydrogen-bond acceptors (Lipinski definition) is 5. The zero-order valence-electron chi connectivity index (χ0n) is 18.5. The number of carbonyl (C=O) groups excluding carboxylic acids is 3. The lowest BCUT2D eigenvalue weighted by molar-refractivity contribution is -0.137. The van der Waals surface area contributed by atoms with Gasteiger partial charge < -0.3 is 15.1 Å². The van der Waals surface area contributed by atoms with E-state index in [1.807, 2.05) is 0 Å². The van der Waals surface area contributed by atoms with Gasteiger partial charge in [-0.2, -0.15) is 13.2 Å². The molecule has 0 unspecified atom stereocenters. The third-order valence-electron chi connectivity index (χ3n) is 5.97. The summed E-state index contributed by atoms with van der Waals surface area (Å²) >= 11 is 5.90. The standard InChI is InChI=1S/C22H23ClF3N5O3/c1-11-15(10-18(33)29-17-4-3-13(9-16(17)23)22(24,25)26)19(27)20(28)21(34)31(11)14-5-7-30(8-6-14)12(2)32/h3-4,9,14,27-28H,5-8,10H2,1-2H3,(H,29,33). The summed E-state index contributed by atoms with van der Waals surface area (Å²) in [6, 6.07) is 2.24. The van der Waals surface area contributed by atoms with E-state index in [9.17, 15) is 27.6 Å². The minimum atomic E-state index is -4.58. The van der Waals surface area contributed by atoms with Crippen molar-refractivity contribution in [2.45, 2.75) is 45.3 Å². The molecule has 2 heterocycles. The quantitative estimate of drug-likeness (QED) is 0.586. The molecule has 8 nitrogen and oxygen atoms in total. The Hall–Kier alpha value is -3.21. The van der Waals surface area contributed by atoms with Crippen LogP contribution in [-0.4, -0.2) is 58.1 Å². The maximum absolute atomic E-state index is 12.8. The predicted molar refractivity (Wildman–Crippen MR) is 120 cm³/mol. The van der Waals surface area contributed by atoms with Gasteiger partial charge in [0.05, 0.1) is 28.4 Å². The maximum atomic E-state index is 12.8. The first-order valence-corrected chi connectivity index (χ1v) is 10.8. The van der Waals surface area contributed by atoms with Crippen LogP contribution < -0.4 is 5.32 Å². The lowest BCUT2D eigenvalue weighted by Gasteiger charge is -2.41. The van der Waals surface area contributed by atoms with Crippen molar-refractivity contribution < 1.29 is 27.6 Å². The van der Waals surface area contributed by atoms with E-state index in [0.29, 0.717) is 37.7 Å². The smallest absolute Gasteiger partial charge is 0.343 e. The SMILES string of the molecule is CC(=O)N1CCC(N2C(=O)C(=N)C(=N)C(CC(=O)Nc3ccc(C(F)(F)F)cc3Cl)=C2C)CC1. The number of amides is 3. The van der Waals surface area contributed by atoms with Crippen molar-refractivity contribution in [3.8, 4) is 0 Å². The molecule has 1 aromatic rings. The predicted octanol–water partition coefficient (Wildman–Crippen LogP) is 3.85. The number of halogens is 4. The van der Waals surface area contributed by atoms with Gasteiger partial charge in [0.2, 0.25) is 11.8 Å². The van der Waals surface area contributed by atoms with Gasteiger partial charge >= 0.3 is 6.18 Å². The number of likely N-dealkylation sites (tertiary alicyclic amines) is 1. The minimum Gasteiger partial charge on any atom is -0.343 e. The van der Waals surface area contributed by atoms with Crippen molar-refractivity contribution in [2.24, 2.45) is 0 Å². The highest BCUT2D eigenvalue weighted by atomic mass is 35.5. The van der Waals surface area contributed by atoms with Crippen LogP contribution in [0.25, 0.3) is 0 Å². The van der Waals surface area contributed by atoms with Gasteiger partial charge in [-0.3, -0.25) is 25.2 Å². The molecule has 1 aromatic carbocycles. The first-order chi connectivity index (χ1) is 15.8. The number of rotatable bonds is 4. The summed E-state index contributed by atoms with van der Waals surface area (Å²) in [5.74, 6) is -1.36. The first-order valence-electron chi connectivity index (χ1n) is 10.4. The van der Waals surface area contributed by atoms with Crippen LogP contribution in [0.4, 0.5) is 18.9 Å². The molecular weight excluding hydrogens is 475 g/mol. The molecule has 0 aliphatic carbocycles. The van der Waals surface area contributed by atoms with Gasteiger partial charge in [0, 0.05) is 37.3 Å². The van der Waals surface area contributed by atoms with E-state index in [0.717, 1.165) is 12.1 Å². The highest BCUT2D eigenvalue weighted by molar-refractivity contribution is 6.69. The van der Waals surface area contributed by atoms with E-state index in [1.165, 1.54) is 11.8 Å². The second-order valence-electron chi connectivity index (χ2n) is 8.14. The molecular formula is C22H23ClF3N5O3. The summed E-state index contributed by atoms with van der Waals surface area (Å²) in [7, 11) is 0. The number of piperidine rings is 1. The Morgan fingerprint density at radius 3 is 2.32 bits per heavy atom. The van der Waals surface area contributed by atoms with E-state index in [4.69, 9.17) is 22.4 Å². The van der Waals surface area contributed by atoms with Gasteiger partial charge in [0.25, 0.3) is 5.91 Å². The number of nitrogens with zero attached hydrogens (tertiary/aromatic N) is 2. The Kier molecular flexibility index (Phi) is 7.15. The molecule has 3 rings (SSSR count). The van der Waals surface area contributed by atoms with Crippen LogP contribution in [0.15, 0.2) is 29.5 Å². The fourth-order valence-corrected chi connectivity index (χ4v) is 4.33. The first kappa shape index (κ1) is 25.4.